The highest BCUT2D eigenvalue weighted by Crippen LogP contribution is 2.67. The number of carbonyl (C=O) groups is 2. The standard InChI is InChI=1S/C23H35ClO4/c1-14(25)18-6-7-19-17-5-4-15-12-16(28-21(26)27-13-24)8-10-22(15,2)20(17)9-11-23(18,19)3/h15-20H,4-13H2,1-3H3/t15-,16?,17-,18+,19-,20-,22-,23+/m0/s1. The Balaban J connectivity index is 1.47. The van der Waals surface area contributed by atoms with E-state index in [-0.39, 0.29) is 23.5 Å². The Bertz CT molecular complexity index is 636. The molecule has 0 N–H and O–H groups in total. The maximum atomic E-state index is 12.3. The first kappa shape index (κ1) is 20.5. The number of carbonyl (C=O) groups excluding carboxylic acids is 2. The molecular weight excluding hydrogens is 376 g/mol. The molecule has 8 atom stereocenters. The fourth-order valence-corrected chi connectivity index (χ4v) is 8.30. The largest absolute Gasteiger partial charge is 0.509 e. The molecule has 4 aliphatic carbocycles. The Morgan fingerprint density at radius 1 is 0.964 bits per heavy atom. The van der Waals surface area contributed by atoms with Gasteiger partial charge in [0.05, 0.1) is 0 Å². The van der Waals surface area contributed by atoms with Gasteiger partial charge < -0.3 is 9.47 Å². The molecule has 158 valence electrons. The van der Waals surface area contributed by atoms with Crippen molar-refractivity contribution >= 4 is 23.5 Å². The molecule has 4 fully saturated rings. The summed E-state index contributed by atoms with van der Waals surface area (Å²) in [7, 11) is 0. The second kappa shape index (κ2) is 7.49. The van der Waals surface area contributed by atoms with Crippen molar-refractivity contribution in [1.29, 1.82) is 0 Å². The zero-order valence-corrected chi connectivity index (χ0v) is 18.3. The lowest BCUT2D eigenvalue weighted by Crippen LogP contribution is -2.54. The molecule has 0 radical (unpaired) electrons. The first-order valence-electron chi connectivity index (χ1n) is 11.2. The van der Waals surface area contributed by atoms with Gasteiger partial charge in [0.2, 0.25) is 0 Å². The first-order valence-corrected chi connectivity index (χ1v) is 11.7. The van der Waals surface area contributed by atoms with Crippen LogP contribution in [-0.4, -0.2) is 24.1 Å². The van der Waals surface area contributed by atoms with E-state index >= 15 is 0 Å². The molecule has 0 saturated heterocycles. The number of ether oxygens (including phenoxy) is 2. The molecule has 0 spiro atoms. The molecule has 4 aliphatic rings. The van der Waals surface area contributed by atoms with E-state index in [0.717, 1.165) is 37.5 Å². The Morgan fingerprint density at radius 3 is 2.39 bits per heavy atom. The van der Waals surface area contributed by atoms with E-state index in [1.54, 1.807) is 6.92 Å². The van der Waals surface area contributed by atoms with E-state index in [9.17, 15) is 9.59 Å². The summed E-state index contributed by atoms with van der Waals surface area (Å²) in [6.07, 6.45) is 9.62. The zero-order valence-electron chi connectivity index (χ0n) is 17.5. The van der Waals surface area contributed by atoms with E-state index in [4.69, 9.17) is 21.1 Å². The van der Waals surface area contributed by atoms with E-state index in [1.165, 1.54) is 32.1 Å². The van der Waals surface area contributed by atoms with Crippen LogP contribution in [0.2, 0.25) is 0 Å². The number of hydrogen-bond acceptors (Lipinski definition) is 4. The molecule has 5 heteroatoms. The van der Waals surface area contributed by atoms with Gasteiger partial charge in [-0.15, -0.1) is 0 Å². The Hall–Kier alpha value is -0.770. The van der Waals surface area contributed by atoms with Gasteiger partial charge in [-0.05, 0) is 99.2 Å². The third-order valence-corrected chi connectivity index (χ3v) is 9.65. The number of halogens is 1. The van der Waals surface area contributed by atoms with Crippen LogP contribution in [0.25, 0.3) is 0 Å². The van der Waals surface area contributed by atoms with Crippen molar-refractivity contribution in [3.8, 4) is 0 Å². The summed E-state index contributed by atoms with van der Waals surface area (Å²) in [5, 5.41) is 0. The van der Waals surface area contributed by atoms with Gasteiger partial charge in [0.1, 0.15) is 11.9 Å². The summed E-state index contributed by atoms with van der Waals surface area (Å²) in [5.74, 6) is 3.54. The molecule has 4 rings (SSSR count). The number of rotatable bonds is 3. The van der Waals surface area contributed by atoms with Gasteiger partial charge in [-0.25, -0.2) is 4.79 Å². The van der Waals surface area contributed by atoms with Crippen molar-refractivity contribution in [2.75, 3.05) is 6.07 Å². The van der Waals surface area contributed by atoms with Crippen molar-refractivity contribution in [2.45, 2.75) is 84.7 Å². The van der Waals surface area contributed by atoms with Crippen molar-refractivity contribution in [1.82, 2.24) is 0 Å². The van der Waals surface area contributed by atoms with Crippen LogP contribution < -0.4 is 0 Å². The molecule has 4 saturated carbocycles. The van der Waals surface area contributed by atoms with Crippen LogP contribution in [0, 0.1) is 40.4 Å². The highest BCUT2D eigenvalue weighted by molar-refractivity contribution is 6.17. The Kier molecular flexibility index (Phi) is 5.48. The van der Waals surface area contributed by atoms with Gasteiger partial charge in [-0.2, -0.15) is 0 Å². The first-order chi connectivity index (χ1) is 13.3. The maximum Gasteiger partial charge on any atom is 0.509 e. The van der Waals surface area contributed by atoms with Gasteiger partial charge in [-0.3, -0.25) is 4.79 Å². The molecule has 28 heavy (non-hydrogen) atoms. The van der Waals surface area contributed by atoms with Crippen LogP contribution in [0.15, 0.2) is 0 Å². The lowest BCUT2D eigenvalue weighted by molar-refractivity contribution is -0.139. The van der Waals surface area contributed by atoms with E-state index in [1.807, 2.05) is 0 Å². The molecule has 0 heterocycles. The van der Waals surface area contributed by atoms with E-state index in [2.05, 4.69) is 13.8 Å². The van der Waals surface area contributed by atoms with Gasteiger partial charge in [0.25, 0.3) is 0 Å². The number of ketones is 1. The minimum absolute atomic E-state index is 0.0345. The maximum absolute atomic E-state index is 12.3. The number of fused-ring (bicyclic) bond motifs is 5. The van der Waals surface area contributed by atoms with Crippen LogP contribution in [0.3, 0.4) is 0 Å². The fraction of sp³-hybridized carbons (Fsp3) is 0.913. The fourth-order valence-electron chi connectivity index (χ4n) is 8.21. The average Bonchev–Trinajstić information content (AvgIpc) is 2.99. The monoisotopic (exact) mass is 410 g/mol. The summed E-state index contributed by atoms with van der Waals surface area (Å²) in [6, 6.07) is -0.155. The minimum atomic E-state index is -0.632. The summed E-state index contributed by atoms with van der Waals surface area (Å²) in [4.78, 5) is 23.9. The second-order valence-electron chi connectivity index (χ2n) is 10.5. The normalized spacial score (nSPS) is 47.4. The van der Waals surface area contributed by atoms with Crippen LogP contribution in [0.4, 0.5) is 4.79 Å². The molecule has 0 aliphatic heterocycles. The quantitative estimate of drug-likeness (QED) is 0.426. The third kappa shape index (κ3) is 3.18. The predicted octanol–water partition coefficient (Wildman–Crippen LogP) is 5.95. The molecule has 4 nitrogen and oxygen atoms in total. The number of alkyl halides is 1. The van der Waals surface area contributed by atoms with Crippen LogP contribution >= 0.6 is 11.6 Å². The molecule has 1 unspecified atom stereocenters. The summed E-state index contributed by atoms with van der Waals surface area (Å²) in [6.45, 7) is 6.72. The summed E-state index contributed by atoms with van der Waals surface area (Å²) >= 11 is 5.46. The molecule has 0 aromatic rings. The molecule has 0 aromatic carbocycles. The highest BCUT2D eigenvalue weighted by Gasteiger charge is 2.60. The summed E-state index contributed by atoms with van der Waals surface area (Å²) < 4.78 is 10.3. The third-order valence-electron chi connectivity index (χ3n) is 9.54. The van der Waals surface area contributed by atoms with Crippen LogP contribution in [0.1, 0.15) is 78.6 Å². The van der Waals surface area contributed by atoms with Crippen molar-refractivity contribution in [2.24, 2.45) is 40.4 Å². The highest BCUT2D eigenvalue weighted by atomic mass is 35.5. The van der Waals surface area contributed by atoms with Gasteiger partial charge in [-0.1, -0.05) is 25.4 Å². The summed E-state index contributed by atoms with van der Waals surface area (Å²) in [5.41, 5.74) is 0.566. The predicted molar refractivity (Wildman–Crippen MR) is 108 cm³/mol. The molecule has 0 bridgehead atoms. The van der Waals surface area contributed by atoms with E-state index < -0.39 is 6.16 Å². The lowest BCUT2D eigenvalue weighted by Gasteiger charge is -2.61. The Labute approximate surface area is 174 Å². The van der Waals surface area contributed by atoms with Crippen molar-refractivity contribution in [3.05, 3.63) is 0 Å². The molecule has 0 amide bonds. The van der Waals surface area contributed by atoms with Crippen molar-refractivity contribution < 1.29 is 19.1 Å². The SMILES string of the molecule is CC(=O)[C@H]1CC[C@H]2[C@@H]3CC[C@H]4CC(OC(=O)OCCl)CC[C@]4(C)[C@H]3CC[C@]12C. The van der Waals surface area contributed by atoms with Crippen LogP contribution in [-0.2, 0) is 14.3 Å². The van der Waals surface area contributed by atoms with Gasteiger partial charge in [0.15, 0.2) is 6.07 Å². The number of hydrogen-bond donors (Lipinski definition) is 0. The van der Waals surface area contributed by atoms with Gasteiger partial charge in [0, 0.05) is 5.92 Å². The van der Waals surface area contributed by atoms with E-state index in [0.29, 0.717) is 23.0 Å². The smallest absolute Gasteiger partial charge is 0.431 e. The average molecular weight is 411 g/mol. The lowest BCUT2D eigenvalue weighted by atomic mass is 9.44. The minimum Gasteiger partial charge on any atom is -0.431 e. The van der Waals surface area contributed by atoms with Crippen molar-refractivity contribution in [3.63, 3.8) is 0 Å². The number of Topliss-reactive ketones (excluding diaryl/α,β-unsaturated/α-hetero) is 1. The molecular formula is C23H35ClO4. The zero-order chi connectivity index (χ0) is 20.1. The van der Waals surface area contributed by atoms with Crippen LogP contribution in [0.5, 0.6) is 0 Å². The second-order valence-corrected chi connectivity index (χ2v) is 10.7. The topological polar surface area (TPSA) is 52.6 Å². The molecule has 0 aromatic heterocycles. The van der Waals surface area contributed by atoms with Gasteiger partial charge >= 0.3 is 6.16 Å². The Morgan fingerprint density at radius 2 is 1.68 bits per heavy atom.